The fourth-order valence-corrected chi connectivity index (χ4v) is 2.06. The Balaban J connectivity index is 4.78. The van der Waals surface area contributed by atoms with Crippen LogP contribution in [0.25, 0.3) is 0 Å². The van der Waals surface area contributed by atoms with Crippen molar-refractivity contribution in [1.82, 2.24) is 10.2 Å². The Morgan fingerprint density at radius 3 is 2.18 bits per heavy atom. The van der Waals surface area contributed by atoms with Gasteiger partial charge in [-0.1, -0.05) is 13.8 Å². The molecular formula is C13H28N2O2. The third kappa shape index (κ3) is 5.04. The molecule has 0 aromatic carbocycles. The fraction of sp³-hybridized carbons (Fsp3) is 0.923. The van der Waals surface area contributed by atoms with Gasteiger partial charge in [0.1, 0.15) is 5.54 Å². The zero-order chi connectivity index (χ0) is 13.6. The number of nitrogens with zero attached hydrogens (tertiary/aromatic N) is 1. The average molecular weight is 244 g/mol. The van der Waals surface area contributed by atoms with Crippen molar-refractivity contribution in [2.24, 2.45) is 0 Å². The van der Waals surface area contributed by atoms with Crippen molar-refractivity contribution in [3.63, 3.8) is 0 Å². The summed E-state index contributed by atoms with van der Waals surface area (Å²) in [7, 11) is 0. The van der Waals surface area contributed by atoms with Crippen LogP contribution in [0.15, 0.2) is 0 Å². The smallest absolute Gasteiger partial charge is 0.324 e. The van der Waals surface area contributed by atoms with Gasteiger partial charge in [0.25, 0.3) is 0 Å². The Hall–Kier alpha value is -0.610. The summed E-state index contributed by atoms with van der Waals surface area (Å²) in [5.41, 5.74) is -0.881. The molecule has 0 spiro atoms. The molecule has 0 aliphatic carbocycles. The summed E-state index contributed by atoms with van der Waals surface area (Å²) in [4.78, 5) is 13.6. The number of hydrogen-bond donors (Lipinski definition) is 2. The highest BCUT2D eigenvalue weighted by Gasteiger charge is 2.35. The molecule has 4 nitrogen and oxygen atoms in total. The highest BCUT2D eigenvalue weighted by atomic mass is 16.4. The molecule has 0 saturated heterocycles. The van der Waals surface area contributed by atoms with Crippen molar-refractivity contribution in [2.45, 2.75) is 65.6 Å². The maximum absolute atomic E-state index is 11.4. The second kappa shape index (κ2) is 6.97. The molecule has 2 N–H and O–H groups in total. The lowest BCUT2D eigenvalue weighted by Gasteiger charge is -2.36. The topological polar surface area (TPSA) is 52.6 Å². The highest BCUT2D eigenvalue weighted by Crippen LogP contribution is 2.13. The van der Waals surface area contributed by atoms with Crippen molar-refractivity contribution < 1.29 is 9.90 Å². The van der Waals surface area contributed by atoms with Gasteiger partial charge in [0, 0.05) is 18.6 Å². The summed E-state index contributed by atoms with van der Waals surface area (Å²) in [5, 5.41) is 12.5. The zero-order valence-corrected chi connectivity index (χ0v) is 12.1. The summed E-state index contributed by atoms with van der Waals surface area (Å²) < 4.78 is 0. The molecule has 102 valence electrons. The van der Waals surface area contributed by atoms with E-state index in [-0.39, 0.29) is 6.04 Å². The van der Waals surface area contributed by atoms with Crippen LogP contribution in [-0.4, -0.2) is 46.7 Å². The van der Waals surface area contributed by atoms with E-state index >= 15 is 0 Å². The van der Waals surface area contributed by atoms with Gasteiger partial charge in [-0.2, -0.15) is 0 Å². The Kier molecular flexibility index (Phi) is 6.72. The van der Waals surface area contributed by atoms with Crippen LogP contribution in [-0.2, 0) is 4.79 Å². The number of hydrogen-bond acceptors (Lipinski definition) is 3. The molecule has 4 heteroatoms. The van der Waals surface area contributed by atoms with Gasteiger partial charge in [0.15, 0.2) is 0 Å². The Morgan fingerprint density at radius 2 is 1.88 bits per heavy atom. The van der Waals surface area contributed by atoms with Crippen molar-refractivity contribution in [1.29, 1.82) is 0 Å². The third-order valence-corrected chi connectivity index (χ3v) is 3.22. The lowest BCUT2D eigenvalue weighted by Crippen LogP contribution is -2.59. The summed E-state index contributed by atoms with van der Waals surface area (Å²) in [6.07, 6.45) is 1.03. The molecule has 0 heterocycles. The Morgan fingerprint density at radius 1 is 1.35 bits per heavy atom. The van der Waals surface area contributed by atoms with Gasteiger partial charge in [-0.05, 0) is 40.7 Å². The number of aliphatic carboxylic acids is 1. The third-order valence-electron chi connectivity index (χ3n) is 3.22. The first-order valence-electron chi connectivity index (χ1n) is 6.52. The molecule has 0 saturated carbocycles. The van der Waals surface area contributed by atoms with Crippen LogP contribution in [0.5, 0.6) is 0 Å². The Labute approximate surface area is 105 Å². The first-order chi connectivity index (χ1) is 7.76. The molecule has 0 aromatic rings. The molecule has 0 fully saturated rings. The van der Waals surface area contributed by atoms with Crippen LogP contribution in [0.2, 0.25) is 0 Å². The maximum Gasteiger partial charge on any atom is 0.324 e. The SMILES string of the molecule is CCC(C)N(CC)CC(C)(NC(C)C)C(=O)O. The second-order valence-corrected chi connectivity index (χ2v) is 5.26. The van der Waals surface area contributed by atoms with E-state index in [2.05, 4.69) is 31.0 Å². The van der Waals surface area contributed by atoms with E-state index in [4.69, 9.17) is 0 Å². The Bertz CT molecular complexity index is 244. The standard InChI is InChI=1S/C13H28N2O2/c1-7-11(5)15(8-2)9-13(6,12(16)17)14-10(3)4/h10-11,14H,7-9H2,1-6H3,(H,16,17). The quantitative estimate of drug-likeness (QED) is 0.685. The average Bonchev–Trinajstić information content (AvgIpc) is 2.23. The molecule has 0 aliphatic rings. The largest absolute Gasteiger partial charge is 0.480 e. The minimum atomic E-state index is -0.881. The number of carboxylic acids is 1. The van der Waals surface area contributed by atoms with E-state index in [1.54, 1.807) is 6.92 Å². The molecule has 0 bridgehead atoms. The number of nitrogens with one attached hydrogen (secondary N) is 1. The molecule has 17 heavy (non-hydrogen) atoms. The van der Waals surface area contributed by atoms with Gasteiger partial charge >= 0.3 is 5.97 Å². The molecule has 0 rings (SSSR count). The number of carbonyl (C=O) groups is 1. The van der Waals surface area contributed by atoms with Gasteiger partial charge in [-0.25, -0.2) is 0 Å². The lowest BCUT2D eigenvalue weighted by molar-refractivity contribution is -0.145. The van der Waals surface area contributed by atoms with Crippen molar-refractivity contribution in [3.8, 4) is 0 Å². The normalized spacial score (nSPS) is 17.2. The van der Waals surface area contributed by atoms with Gasteiger partial charge < -0.3 is 5.11 Å². The molecule has 0 amide bonds. The van der Waals surface area contributed by atoms with E-state index in [1.807, 2.05) is 13.8 Å². The number of carboxylic acid groups (broad SMARTS) is 1. The van der Waals surface area contributed by atoms with E-state index < -0.39 is 11.5 Å². The van der Waals surface area contributed by atoms with Gasteiger partial charge in [0.2, 0.25) is 0 Å². The van der Waals surface area contributed by atoms with Crippen molar-refractivity contribution >= 4 is 5.97 Å². The summed E-state index contributed by atoms with van der Waals surface area (Å²) in [6.45, 7) is 13.5. The van der Waals surface area contributed by atoms with Crippen LogP contribution in [0.1, 0.15) is 48.0 Å². The molecule has 0 radical (unpaired) electrons. The van der Waals surface area contributed by atoms with E-state index in [1.165, 1.54) is 0 Å². The minimum Gasteiger partial charge on any atom is -0.480 e. The van der Waals surface area contributed by atoms with Gasteiger partial charge in [-0.15, -0.1) is 0 Å². The van der Waals surface area contributed by atoms with Crippen LogP contribution < -0.4 is 5.32 Å². The predicted octanol–water partition coefficient (Wildman–Crippen LogP) is 1.95. The molecule has 2 unspecified atom stereocenters. The molecule has 0 aromatic heterocycles. The monoisotopic (exact) mass is 244 g/mol. The van der Waals surface area contributed by atoms with Crippen LogP contribution >= 0.6 is 0 Å². The van der Waals surface area contributed by atoms with Crippen molar-refractivity contribution in [3.05, 3.63) is 0 Å². The number of likely N-dealkylation sites (N-methyl/N-ethyl adjacent to an activating group) is 1. The minimum absolute atomic E-state index is 0.159. The first kappa shape index (κ1) is 16.4. The van der Waals surface area contributed by atoms with Crippen molar-refractivity contribution in [2.75, 3.05) is 13.1 Å². The fourth-order valence-electron chi connectivity index (χ4n) is 2.06. The summed E-state index contributed by atoms with van der Waals surface area (Å²) in [6, 6.07) is 0.569. The van der Waals surface area contributed by atoms with E-state index in [9.17, 15) is 9.90 Å². The van der Waals surface area contributed by atoms with Crippen LogP contribution in [0.3, 0.4) is 0 Å². The van der Waals surface area contributed by atoms with Crippen LogP contribution in [0, 0.1) is 0 Å². The molecule has 2 atom stereocenters. The summed E-state index contributed by atoms with van der Waals surface area (Å²) >= 11 is 0. The lowest BCUT2D eigenvalue weighted by atomic mass is 9.99. The zero-order valence-electron chi connectivity index (χ0n) is 12.1. The molecular weight excluding hydrogens is 216 g/mol. The second-order valence-electron chi connectivity index (χ2n) is 5.26. The predicted molar refractivity (Wildman–Crippen MR) is 71.3 cm³/mol. The number of rotatable bonds is 8. The maximum atomic E-state index is 11.4. The van der Waals surface area contributed by atoms with E-state index in [0.29, 0.717) is 12.6 Å². The van der Waals surface area contributed by atoms with Gasteiger partial charge in [0.05, 0.1) is 0 Å². The van der Waals surface area contributed by atoms with Crippen LogP contribution in [0.4, 0.5) is 0 Å². The van der Waals surface area contributed by atoms with Gasteiger partial charge in [-0.3, -0.25) is 15.0 Å². The summed E-state index contributed by atoms with van der Waals surface area (Å²) in [5.74, 6) is -0.784. The van der Waals surface area contributed by atoms with E-state index in [0.717, 1.165) is 13.0 Å². The molecule has 0 aliphatic heterocycles. The highest BCUT2D eigenvalue weighted by molar-refractivity contribution is 5.78. The first-order valence-corrected chi connectivity index (χ1v) is 6.52.